The van der Waals surface area contributed by atoms with Crippen molar-refractivity contribution < 1.29 is 13.3 Å². The lowest BCUT2D eigenvalue weighted by Gasteiger charge is -2.02. The Hall–Kier alpha value is -1.96. The third-order valence-electron chi connectivity index (χ3n) is 2.27. The first-order chi connectivity index (χ1) is 7.88. The predicted octanol–water partition coefficient (Wildman–Crippen LogP) is 1.02. The summed E-state index contributed by atoms with van der Waals surface area (Å²) in [6.07, 6.45) is 2.41. The number of rotatable bonds is 3. The first-order valence-electron chi connectivity index (χ1n) is 4.65. The molecule has 0 amide bonds. The fraction of sp³-hybridized carbons (Fsp3) is 0.222. The number of sulfone groups is 1. The molecule has 1 aromatic heterocycles. The Bertz CT molecular complexity index is 689. The molecule has 0 atom stereocenters. The van der Waals surface area contributed by atoms with Crippen LogP contribution in [0, 0.1) is 10.1 Å². The summed E-state index contributed by atoms with van der Waals surface area (Å²) in [5, 5.41) is 10.8. The number of aromatic amines is 1. The molecule has 2 aromatic rings. The summed E-state index contributed by atoms with van der Waals surface area (Å²) in [4.78, 5) is 16.9. The Morgan fingerprint density at radius 3 is 2.76 bits per heavy atom. The van der Waals surface area contributed by atoms with Crippen LogP contribution < -0.4 is 0 Å². The number of nitro groups is 1. The maximum Gasteiger partial charge on any atom is 0.275 e. The molecular weight excluding hydrogens is 246 g/mol. The van der Waals surface area contributed by atoms with Crippen LogP contribution in [0.2, 0.25) is 0 Å². The topological polar surface area (TPSA) is 106 Å². The van der Waals surface area contributed by atoms with E-state index in [-0.39, 0.29) is 11.3 Å². The zero-order valence-corrected chi connectivity index (χ0v) is 9.69. The van der Waals surface area contributed by atoms with Crippen LogP contribution in [-0.4, -0.2) is 29.6 Å². The number of fused-ring (bicyclic) bond motifs is 1. The summed E-state index contributed by atoms with van der Waals surface area (Å²) in [7, 11) is -3.36. The Morgan fingerprint density at radius 1 is 1.47 bits per heavy atom. The van der Waals surface area contributed by atoms with E-state index in [9.17, 15) is 18.5 Å². The zero-order chi connectivity index (χ0) is 12.6. The molecule has 0 bridgehead atoms. The third kappa shape index (κ3) is 2.26. The number of nitro benzene ring substituents is 1. The van der Waals surface area contributed by atoms with Crippen LogP contribution in [0.5, 0.6) is 0 Å². The highest BCUT2D eigenvalue weighted by Gasteiger charge is 2.21. The average molecular weight is 255 g/mol. The molecule has 7 nitrogen and oxygen atoms in total. The summed E-state index contributed by atoms with van der Waals surface area (Å²) in [6, 6.07) is 2.78. The molecule has 0 aliphatic heterocycles. The summed E-state index contributed by atoms with van der Waals surface area (Å²) in [6.45, 7) is 0. The van der Waals surface area contributed by atoms with Crippen LogP contribution in [0.3, 0.4) is 0 Å². The highest BCUT2D eigenvalue weighted by molar-refractivity contribution is 7.89. The van der Waals surface area contributed by atoms with Crippen molar-refractivity contribution in [3.63, 3.8) is 0 Å². The van der Waals surface area contributed by atoms with Crippen molar-refractivity contribution >= 4 is 26.6 Å². The van der Waals surface area contributed by atoms with E-state index in [1.54, 1.807) is 0 Å². The first-order valence-corrected chi connectivity index (χ1v) is 6.71. The van der Waals surface area contributed by atoms with E-state index >= 15 is 0 Å². The van der Waals surface area contributed by atoms with Gasteiger partial charge < -0.3 is 4.98 Å². The SMILES string of the molecule is CS(=O)(=O)Cc1c([N+](=O)[O-])ccc2[nH]cnc12. The fourth-order valence-corrected chi connectivity index (χ4v) is 2.44. The number of aromatic nitrogens is 2. The van der Waals surface area contributed by atoms with Crippen LogP contribution >= 0.6 is 0 Å². The standard InChI is InChI=1S/C9H9N3O4S/c1-17(15,16)4-6-8(12(13)14)3-2-7-9(6)11-5-10-7/h2-3,5H,4H2,1H3,(H,10,11). The largest absolute Gasteiger partial charge is 0.345 e. The van der Waals surface area contributed by atoms with E-state index < -0.39 is 20.5 Å². The van der Waals surface area contributed by atoms with E-state index in [4.69, 9.17) is 0 Å². The van der Waals surface area contributed by atoms with Crippen molar-refractivity contribution in [3.8, 4) is 0 Å². The van der Waals surface area contributed by atoms with Crippen molar-refractivity contribution in [2.45, 2.75) is 5.75 Å². The van der Waals surface area contributed by atoms with E-state index in [0.717, 1.165) is 6.26 Å². The molecule has 0 spiro atoms. The van der Waals surface area contributed by atoms with E-state index in [2.05, 4.69) is 9.97 Å². The molecule has 0 aliphatic rings. The summed E-state index contributed by atoms with van der Waals surface area (Å²) >= 11 is 0. The van der Waals surface area contributed by atoms with E-state index in [0.29, 0.717) is 11.0 Å². The van der Waals surface area contributed by atoms with Gasteiger partial charge in [-0.1, -0.05) is 0 Å². The van der Waals surface area contributed by atoms with Crippen molar-refractivity contribution in [3.05, 3.63) is 34.1 Å². The number of hydrogen-bond acceptors (Lipinski definition) is 5. The van der Waals surface area contributed by atoms with Gasteiger partial charge >= 0.3 is 0 Å². The van der Waals surface area contributed by atoms with Gasteiger partial charge in [0.05, 0.1) is 33.6 Å². The third-order valence-corrected chi connectivity index (χ3v) is 3.09. The summed E-state index contributed by atoms with van der Waals surface area (Å²) in [5.74, 6) is -0.397. The fourth-order valence-electron chi connectivity index (χ4n) is 1.63. The Labute approximate surface area is 96.6 Å². The molecule has 1 aromatic carbocycles. The zero-order valence-electron chi connectivity index (χ0n) is 8.87. The average Bonchev–Trinajstić information content (AvgIpc) is 2.63. The quantitative estimate of drug-likeness (QED) is 0.650. The number of imidazole rings is 1. The number of H-pyrrole nitrogens is 1. The number of benzene rings is 1. The Kier molecular flexibility index (Phi) is 2.58. The van der Waals surface area contributed by atoms with Crippen LogP contribution in [0.1, 0.15) is 5.56 Å². The van der Waals surface area contributed by atoms with Gasteiger partial charge in [-0.05, 0) is 6.07 Å². The number of nitrogens with one attached hydrogen (secondary N) is 1. The van der Waals surface area contributed by atoms with Gasteiger partial charge in [-0.2, -0.15) is 0 Å². The molecule has 8 heteroatoms. The van der Waals surface area contributed by atoms with Gasteiger partial charge in [0.15, 0.2) is 9.84 Å². The van der Waals surface area contributed by atoms with Crippen molar-refractivity contribution in [2.24, 2.45) is 0 Å². The van der Waals surface area contributed by atoms with Crippen LogP contribution in [-0.2, 0) is 15.6 Å². The molecule has 0 unspecified atom stereocenters. The molecule has 1 N–H and O–H groups in total. The Balaban J connectivity index is 2.74. The van der Waals surface area contributed by atoms with Gasteiger partial charge in [0, 0.05) is 12.3 Å². The maximum atomic E-state index is 11.3. The molecule has 1 heterocycles. The van der Waals surface area contributed by atoms with E-state index in [1.807, 2.05) is 0 Å². The lowest BCUT2D eigenvalue weighted by atomic mass is 10.1. The van der Waals surface area contributed by atoms with Gasteiger partial charge in [-0.15, -0.1) is 0 Å². The minimum atomic E-state index is -3.36. The van der Waals surface area contributed by atoms with Crippen molar-refractivity contribution in [1.29, 1.82) is 0 Å². The lowest BCUT2D eigenvalue weighted by molar-refractivity contribution is -0.385. The summed E-state index contributed by atoms with van der Waals surface area (Å²) in [5.41, 5.74) is 0.796. The molecular formula is C9H9N3O4S. The second-order valence-electron chi connectivity index (χ2n) is 3.69. The highest BCUT2D eigenvalue weighted by Crippen LogP contribution is 2.27. The minimum Gasteiger partial charge on any atom is -0.345 e. The van der Waals surface area contributed by atoms with Crippen LogP contribution in [0.25, 0.3) is 11.0 Å². The maximum absolute atomic E-state index is 11.3. The molecule has 90 valence electrons. The molecule has 0 radical (unpaired) electrons. The second-order valence-corrected chi connectivity index (χ2v) is 5.83. The number of nitrogens with zero attached hydrogens (tertiary/aromatic N) is 2. The molecule has 2 rings (SSSR count). The van der Waals surface area contributed by atoms with Gasteiger partial charge in [0.2, 0.25) is 0 Å². The smallest absolute Gasteiger partial charge is 0.275 e. The normalized spacial score (nSPS) is 11.8. The van der Waals surface area contributed by atoms with Gasteiger partial charge in [-0.25, -0.2) is 13.4 Å². The molecule has 17 heavy (non-hydrogen) atoms. The lowest BCUT2D eigenvalue weighted by Crippen LogP contribution is -2.05. The number of hydrogen-bond donors (Lipinski definition) is 1. The Morgan fingerprint density at radius 2 is 2.18 bits per heavy atom. The predicted molar refractivity (Wildman–Crippen MR) is 61.3 cm³/mol. The van der Waals surface area contributed by atoms with Crippen LogP contribution in [0.15, 0.2) is 18.5 Å². The monoisotopic (exact) mass is 255 g/mol. The molecule has 0 saturated carbocycles. The molecule has 0 fully saturated rings. The van der Waals surface area contributed by atoms with E-state index in [1.165, 1.54) is 18.5 Å². The van der Waals surface area contributed by atoms with Gasteiger partial charge in [0.1, 0.15) is 0 Å². The summed E-state index contributed by atoms with van der Waals surface area (Å²) < 4.78 is 22.6. The highest BCUT2D eigenvalue weighted by atomic mass is 32.2. The minimum absolute atomic E-state index is 0.122. The van der Waals surface area contributed by atoms with Crippen LogP contribution in [0.4, 0.5) is 5.69 Å². The first kappa shape index (κ1) is 11.5. The second kappa shape index (κ2) is 3.81. The van der Waals surface area contributed by atoms with Gasteiger partial charge in [-0.3, -0.25) is 10.1 Å². The van der Waals surface area contributed by atoms with Crippen molar-refractivity contribution in [1.82, 2.24) is 9.97 Å². The van der Waals surface area contributed by atoms with Gasteiger partial charge in [0.25, 0.3) is 5.69 Å². The molecule has 0 aliphatic carbocycles. The van der Waals surface area contributed by atoms with Crippen molar-refractivity contribution in [2.75, 3.05) is 6.26 Å². The molecule has 0 saturated heterocycles.